The van der Waals surface area contributed by atoms with Crippen molar-refractivity contribution in [2.75, 3.05) is 19.7 Å². The minimum Gasteiger partial charge on any atom is -0.370 e. The molecule has 0 saturated carbocycles. The Balaban J connectivity index is 0.00000225. The molecule has 4 nitrogen and oxygen atoms in total. The highest BCUT2D eigenvalue weighted by Gasteiger charge is 2.29. The average molecular weight is 365 g/mol. The summed E-state index contributed by atoms with van der Waals surface area (Å²) >= 11 is 0. The van der Waals surface area contributed by atoms with Crippen LogP contribution >= 0.6 is 12.4 Å². The maximum Gasteiger partial charge on any atom is 0.244 e. The van der Waals surface area contributed by atoms with Crippen molar-refractivity contribution in [1.82, 2.24) is 4.90 Å². The van der Waals surface area contributed by atoms with Crippen LogP contribution in [0.15, 0.2) is 48.5 Å². The fourth-order valence-electron chi connectivity index (χ4n) is 2.87. The van der Waals surface area contributed by atoms with Gasteiger partial charge in [-0.2, -0.15) is 0 Å². The number of nitrogens with zero attached hydrogens (tertiary/aromatic N) is 1. The number of halogens is 2. The second-order valence-electron chi connectivity index (χ2n) is 6.09. The molecule has 6 heteroatoms. The number of benzene rings is 2. The SMILES string of the molecule is Cc1ccc(C(N)C(=O)N2CCOC(c3cccc(F)c3)C2)cc1.Cl. The van der Waals surface area contributed by atoms with E-state index in [1.165, 1.54) is 12.1 Å². The molecule has 0 aliphatic carbocycles. The number of aryl methyl sites for hydroxylation is 1. The van der Waals surface area contributed by atoms with E-state index in [1.807, 2.05) is 37.3 Å². The summed E-state index contributed by atoms with van der Waals surface area (Å²) in [7, 11) is 0. The Morgan fingerprint density at radius 3 is 2.68 bits per heavy atom. The Labute approximate surface area is 153 Å². The van der Waals surface area contributed by atoms with Crippen LogP contribution in [0.3, 0.4) is 0 Å². The minimum atomic E-state index is -0.697. The number of amides is 1. The Hall–Kier alpha value is -1.95. The van der Waals surface area contributed by atoms with Gasteiger partial charge in [0.05, 0.1) is 13.2 Å². The zero-order valence-corrected chi connectivity index (χ0v) is 14.8. The highest BCUT2D eigenvalue weighted by atomic mass is 35.5. The molecule has 0 radical (unpaired) electrons. The Bertz CT molecular complexity index is 724. The fraction of sp³-hybridized carbons (Fsp3) is 0.316. The van der Waals surface area contributed by atoms with Crippen LogP contribution in [0.1, 0.15) is 28.8 Å². The first-order valence-corrected chi connectivity index (χ1v) is 8.02. The fourth-order valence-corrected chi connectivity index (χ4v) is 2.87. The number of carbonyl (C=O) groups excluding carboxylic acids is 1. The lowest BCUT2D eigenvalue weighted by molar-refractivity contribution is -0.140. The number of rotatable bonds is 3. The van der Waals surface area contributed by atoms with Crippen molar-refractivity contribution in [2.45, 2.75) is 19.1 Å². The molecule has 2 aromatic carbocycles. The van der Waals surface area contributed by atoms with E-state index in [9.17, 15) is 9.18 Å². The van der Waals surface area contributed by atoms with Crippen molar-refractivity contribution >= 4 is 18.3 Å². The van der Waals surface area contributed by atoms with E-state index in [4.69, 9.17) is 10.5 Å². The summed E-state index contributed by atoms with van der Waals surface area (Å²) in [6.45, 7) is 3.27. The van der Waals surface area contributed by atoms with Gasteiger partial charge in [-0.05, 0) is 30.2 Å². The molecule has 2 N–H and O–H groups in total. The maximum atomic E-state index is 13.4. The van der Waals surface area contributed by atoms with Gasteiger partial charge in [0.2, 0.25) is 5.91 Å². The zero-order chi connectivity index (χ0) is 17.1. The monoisotopic (exact) mass is 364 g/mol. The van der Waals surface area contributed by atoms with E-state index >= 15 is 0 Å². The Kier molecular flexibility index (Phi) is 6.53. The molecule has 134 valence electrons. The van der Waals surface area contributed by atoms with E-state index in [0.717, 1.165) is 16.7 Å². The standard InChI is InChI=1S/C19H21FN2O2.ClH/c1-13-5-7-14(8-6-13)18(21)19(23)22-9-10-24-17(12-22)15-3-2-4-16(20)11-15;/h2-8,11,17-18H,9-10,12,21H2,1H3;1H. The second kappa shape index (κ2) is 8.43. The summed E-state index contributed by atoms with van der Waals surface area (Å²) in [6, 6.07) is 13.2. The molecule has 25 heavy (non-hydrogen) atoms. The molecule has 0 bridgehead atoms. The van der Waals surface area contributed by atoms with Crippen molar-refractivity contribution in [3.63, 3.8) is 0 Å². The van der Waals surface area contributed by atoms with Crippen molar-refractivity contribution < 1.29 is 13.9 Å². The second-order valence-corrected chi connectivity index (χ2v) is 6.09. The lowest BCUT2D eigenvalue weighted by Gasteiger charge is -2.34. The normalized spacial score (nSPS) is 18.4. The molecule has 0 aromatic heterocycles. The lowest BCUT2D eigenvalue weighted by Crippen LogP contribution is -2.46. The van der Waals surface area contributed by atoms with Gasteiger partial charge in [0.25, 0.3) is 0 Å². The van der Waals surface area contributed by atoms with Crippen LogP contribution < -0.4 is 5.73 Å². The molecule has 3 rings (SSSR count). The van der Waals surface area contributed by atoms with Crippen molar-refractivity contribution in [1.29, 1.82) is 0 Å². The number of nitrogens with two attached hydrogens (primary N) is 1. The minimum absolute atomic E-state index is 0. The summed E-state index contributed by atoms with van der Waals surface area (Å²) in [4.78, 5) is 14.4. The van der Waals surface area contributed by atoms with Crippen molar-refractivity contribution in [3.05, 3.63) is 71.0 Å². The zero-order valence-electron chi connectivity index (χ0n) is 14.0. The average Bonchev–Trinajstić information content (AvgIpc) is 2.61. The van der Waals surface area contributed by atoms with Crippen LogP contribution in [0, 0.1) is 12.7 Å². The molecule has 1 fully saturated rings. The van der Waals surface area contributed by atoms with Crippen LogP contribution in [-0.2, 0) is 9.53 Å². The molecule has 2 atom stereocenters. The Morgan fingerprint density at radius 1 is 1.28 bits per heavy atom. The van der Waals surface area contributed by atoms with Gasteiger partial charge in [0.15, 0.2) is 0 Å². The summed E-state index contributed by atoms with van der Waals surface area (Å²) in [5.74, 6) is -0.445. The van der Waals surface area contributed by atoms with E-state index in [2.05, 4.69) is 0 Å². The first-order valence-electron chi connectivity index (χ1n) is 8.02. The van der Waals surface area contributed by atoms with Gasteiger partial charge < -0.3 is 15.4 Å². The first kappa shape index (κ1) is 19.4. The molecular formula is C19H22ClFN2O2. The molecule has 2 aromatic rings. The molecule has 1 aliphatic rings. The predicted molar refractivity (Wildman–Crippen MR) is 97.0 cm³/mol. The van der Waals surface area contributed by atoms with E-state index in [0.29, 0.717) is 19.7 Å². The van der Waals surface area contributed by atoms with E-state index < -0.39 is 6.04 Å². The van der Waals surface area contributed by atoms with Crippen molar-refractivity contribution in [2.24, 2.45) is 5.73 Å². The highest BCUT2D eigenvalue weighted by Crippen LogP contribution is 2.24. The van der Waals surface area contributed by atoms with E-state index in [-0.39, 0.29) is 30.2 Å². The molecule has 0 spiro atoms. The maximum absolute atomic E-state index is 13.4. The topological polar surface area (TPSA) is 55.6 Å². The molecule has 1 heterocycles. The smallest absolute Gasteiger partial charge is 0.244 e. The van der Waals surface area contributed by atoms with Crippen LogP contribution in [0.25, 0.3) is 0 Å². The summed E-state index contributed by atoms with van der Waals surface area (Å²) in [5, 5.41) is 0. The lowest BCUT2D eigenvalue weighted by atomic mass is 10.0. The number of ether oxygens (including phenoxy) is 1. The summed E-state index contributed by atoms with van der Waals surface area (Å²) in [6.07, 6.45) is -0.330. The number of carbonyl (C=O) groups is 1. The number of morpholine rings is 1. The van der Waals surface area contributed by atoms with Crippen LogP contribution in [-0.4, -0.2) is 30.5 Å². The van der Waals surface area contributed by atoms with Gasteiger partial charge in [0.1, 0.15) is 18.0 Å². The third-order valence-corrected chi connectivity index (χ3v) is 4.30. The molecule has 1 saturated heterocycles. The predicted octanol–water partition coefficient (Wildman–Crippen LogP) is 3.16. The number of hydrogen-bond acceptors (Lipinski definition) is 3. The number of hydrogen-bond donors (Lipinski definition) is 1. The quantitative estimate of drug-likeness (QED) is 0.910. The van der Waals surface area contributed by atoms with Gasteiger partial charge in [-0.15, -0.1) is 12.4 Å². The van der Waals surface area contributed by atoms with Crippen LogP contribution in [0.5, 0.6) is 0 Å². The van der Waals surface area contributed by atoms with Crippen molar-refractivity contribution in [3.8, 4) is 0 Å². The summed E-state index contributed by atoms with van der Waals surface area (Å²) < 4.78 is 19.1. The van der Waals surface area contributed by atoms with E-state index in [1.54, 1.807) is 11.0 Å². The largest absolute Gasteiger partial charge is 0.370 e. The summed E-state index contributed by atoms with van der Waals surface area (Å²) in [5.41, 5.74) is 8.78. The van der Waals surface area contributed by atoms with Crippen LogP contribution in [0.4, 0.5) is 4.39 Å². The van der Waals surface area contributed by atoms with Gasteiger partial charge in [0, 0.05) is 6.54 Å². The highest BCUT2D eigenvalue weighted by molar-refractivity contribution is 5.85. The first-order chi connectivity index (χ1) is 11.5. The van der Waals surface area contributed by atoms with Gasteiger partial charge in [-0.25, -0.2) is 4.39 Å². The molecule has 1 amide bonds. The van der Waals surface area contributed by atoms with Gasteiger partial charge >= 0.3 is 0 Å². The van der Waals surface area contributed by atoms with Gasteiger partial charge in [-0.3, -0.25) is 4.79 Å². The Morgan fingerprint density at radius 2 is 2.00 bits per heavy atom. The van der Waals surface area contributed by atoms with Gasteiger partial charge in [-0.1, -0.05) is 42.0 Å². The van der Waals surface area contributed by atoms with Crippen LogP contribution in [0.2, 0.25) is 0 Å². The molecular weight excluding hydrogens is 343 g/mol. The third-order valence-electron chi connectivity index (χ3n) is 4.30. The third kappa shape index (κ3) is 4.57. The molecule has 1 aliphatic heterocycles. The molecule has 2 unspecified atom stereocenters.